The SMILES string of the molecule is CCOc1cc(/C=C/c2nc(O)c([N+](=O)[O-])c(=O)[nH]2)ccc1OC(C)C. The van der Waals surface area contributed by atoms with Crippen molar-refractivity contribution >= 4 is 17.8 Å². The van der Waals surface area contributed by atoms with Crippen LogP contribution in [0.25, 0.3) is 12.2 Å². The Labute approximate surface area is 149 Å². The zero-order valence-corrected chi connectivity index (χ0v) is 14.6. The summed E-state index contributed by atoms with van der Waals surface area (Å²) in [5, 5.41) is 20.2. The quantitative estimate of drug-likeness (QED) is 0.573. The van der Waals surface area contributed by atoms with Crippen LogP contribution in [-0.2, 0) is 0 Å². The summed E-state index contributed by atoms with van der Waals surface area (Å²) in [5.74, 6) is 0.225. The monoisotopic (exact) mass is 361 g/mol. The second-order valence-electron chi connectivity index (χ2n) is 5.52. The zero-order valence-electron chi connectivity index (χ0n) is 14.6. The van der Waals surface area contributed by atoms with Crippen LogP contribution >= 0.6 is 0 Å². The van der Waals surface area contributed by atoms with Crippen molar-refractivity contribution in [3.8, 4) is 17.4 Å². The second-order valence-corrected chi connectivity index (χ2v) is 5.52. The molecule has 26 heavy (non-hydrogen) atoms. The summed E-state index contributed by atoms with van der Waals surface area (Å²) < 4.78 is 11.2. The number of hydrogen-bond donors (Lipinski definition) is 2. The van der Waals surface area contributed by atoms with Crippen molar-refractivity contribution < 1.29 is 19.5 Å². The lowest BCUT2D eigenvalue weighted by atomic mass is 10.2. The van der Waals surface area contributed by atoms with Gasteiger partial charge in [-0.3, -0.25) is 14.9 Å². The van der Waals surface area contributed by atoms with Gasteiger partial charge in [-0.15, -0.1) is 0 Å². The molecule has 0 aliphatic heterocycles. The molecule has 0 aliphatic rings. The van der Waals surface area contributed by atoms with Crippen LogP contribution in [0.1, 0.15) is 32.2 Å². The molecule has 0 amide bonds. The fourth-order valence-corrected chi connectivity index (χ4v) is 2.14. The number of rotatable bonds is 7. The smallest absolute Gasteiger partial charge is 0.395 e. The standard InChI is InChI=1S/C17H19N3O6/c1-4-25-13-9-11(5-7-12(13)26-10(2)3)6-8-14-18-16(21)15(20(23)24)17(22)19-14/h5-10H,4H2,1-3H3,(H2,18,19,21,22)/b8-6+. The molecular weight excluding hydrogens is 342 g/mol. The number of ether oxygens (including phenoxy) is 2. The third kappa shape index (κ3) is 4.59. The lowest BCUT2D eigenvalue weighted by molar-refractivity contribution is -0.387. The zero-order chi connectivity index (χ0) is 19.3. The Bertz CT molecular complexity index is 889. The van der Waals surface area contributed by atoms with Crippen LogP contribution in [0.3, 0.4) is 0 Å². The summed E-state index contributed by atoms with van der Waals surface area (Å²) in [6.07, 6.45) is 3.03. The molecule has 9 nitrogen and oxygen atoms in total. The fourth-order valence-electron chi connectivity index (χ4n) is 2.14. The Morgan fingerprint density at radius 3 is 2.65 bits per heavy atom. The lowest BCUT2D eigenvalue weighted by Gasteiger charge is -2.14. The van der Waals surface area contributed by atoms with Crippen LogP contribution in [0.4, 0.5) is 5.69 Å². The molecule has 0 saturated heterocycles. The highest BCUT2D eigenvalue weighted by Crippen LogP contribution is 2.30. The molecular formula is C17H19N3O6. The van der Waals surface area contributed by atoms with Gasteiger partial charge in [-0.2, -0.15) is 4.98 Å². The summed E-state index contributed by atoms with van der Waals surface area (Å²) in [4.78, 5) is 27.2. The van der Waals surface area contributed by atoms with Gasteiger partial charge in [0.2, 0.25) is 0 Å². The predicted octanol–water partition coefficient (Wildman–Crippen LogP) is 2.74. The van der Waals surface area contributed by atoms with Crippen molar-refractivity contribution in [1.29, 1.82) is 0 Å². The lowest BCUT2D eigenvalue weighted by Crippen LogP contribution is -2.14. The Morgan fingerprint density at radius 2 is 2.08 bits per heavy atom. The number of aromatic amines is 1. The van der Waals surface area contributed by atoms with Gasteiger partial charge in [-0.05, 0) is 44.5 Å². The molecule has 0 unspecified atom stereocenters. The Kier molecular flexibility index (Phi) is 5.94. The Balaban J connectivity index is 2.31. The Hall–Kier alpha value is -3.36. The molecule has 9 heteroatoms. The fraction of sp³-hybridized carbons (Fsp3) is 0.294. The number of H-pyrrole nitrogens is 1. The predicted molar refractivity (Wildman–Crippen MR) is 95.5 cm³/mol. The van der Waals surface area contributed by atoms with E-state index < -0.39 is 22.0 Å². The van der Waals surface area contributed by atoms with Crippen molar-refractivity contribution in [2.24, 2.45) is 0 Å². The molecule has 0 radical (unpaired) electrons. The highest BCUT2D eigenvalue weighted by molar-refractivity contribution is 5.68. The van der Waals surface area contributed by atoms with E-state index >= 15 is 0 Å². The summed E-state index contributed by atoms with van der Waals surface area (Å²) in [5.41, 5.74) is -1.29. The molecule has 0 spiro atoms. The minimum absolute atomic E-state index is 0.00652. The van der Waals surface area contributed by atoms with E-state index in [9.17, 15) is 20.0 Å². The van der Waals surface area contributed by atoms with Gasteiger partial charge < -0.3 is 19.6 Å². The molecule has 1 heterocycles. The van der Waals surface area contributed by atoms with E-state index in [2.05, 4.69) is 9.97 Å². The van der Waals surface area contributed by atoms with Gasteiger partial charge in [0.25, 0.3) is 5.88 Å². The van der Waals surface area contributed by atoms with E-state index in [-0.39, 0.29) is 11.9 Å². The number of nitrogens with zero attached hydrogens (tertiary/aromatic N) is 2. The van der Waals surface area contributed by atoms with Crippen LogP contribution in [0.15, 0.2) is 23.0 Å². The largest absolute Gasteiger partial charge is 0.490 e. The summed E-state index contributed by atoms with van der Waals surface area (Å²) in [6.45, 7) is 6.14. The number of hydrogen-bond acceptors (Lipinski definition) is 7. The van der Waals surface area contributed by atoms with Crippen molar-refractivity contribution in [3.05, 3.63) is 50.1 Å². The molecule has 1 aromatic heterocycles. The molecule has 2 rings (SSSR count). The van der Waals surface area contributed by atoms with E-state index in [1.807, 2.05) is 20.8 Å². The second kappa shape index (κ2) is 8.15. The molecule has 138 valence electrons. The molecule has 0 fully saturated rings. The van der Waals surface area contributed by atoms with Crippen molar-refractivity contribution in [3.63, 3.8) is 0 Å². The molecule has 2 N–H and O–H groups in total. The first-order chi connectivity index (χ1) is 12.3. The first kappa shape index (κ1) is 19.0. The van der Waals surface area contributed by atoms with E-state index in [1.165, 1.54) is 6.08 Å². The number of aromatic nitrogens is 2. The number of nitrogens with one attached hydrogen (secondary N) is 1. The minimum Gasteiger partial charge on any atom is -0.490 e. The van der Waals surface area contributed by atoms with Crippen molar-refractivity contribution in [2.45, 2.75) is 26.9 Å². The summed E-state index contributed by atoms with van der Waals surface area (Å²) in [6, 6.07) is 5.29. The number of aromatic hydroxyl groups is 1. The highest BCUT2D eigenvalue weighted by Gasteiger charge is 2.21. The van der Waals surface area contributed by atoms with Crippen LogP contribution in [0.2, 0.25) is 0 Å². The van der Waals surface area contributed by atoms with E-state index in [0.717, 1.165) is 5.56 Å². The van der Waals surface area contributed by atoms with Crippen molar-refractivity contribution in [1.82, 2.24) is 9.97 Å². The van der Waals surface area contributed by atoms with Gasteiger partial charge in [-0.1, -0.05) is 12.1 Å². The maximum absolute atomic E-state index is 11.6. The maximum Gasteiger partial charge on any atom is 0.395 e. The molecule has 0 atom stereocenters. The third-order valence-electron chi connectivity index (χ3n) is 3.14. The van der Waals surface area contributed by atoms with Crippen molar-refractivity contribution in [2.75, 3.05) is 6.61 Å². The first-order valence-electron chi connectivity index (χ1n) is 7.91. The topological polar surface area (TPSA) is 128 Å². The van der Waals surface area contributed by atoms with Crippen LogP contribution in [-0.4, -0.2) is 32.7 Å². The molecule has 0 aliphatic carbocycles. The van der Waals surface area contributed by atoms with E-state index in [4.69, 9.17) is 9.47 Å². The average Bonchev–Trinajstić information content (AvgIpc) is 2.54. The minimum atomic E-state index is -1.03. The van der Waals surface area contributed by atoms with Gasteiger partial charge in [0.15, 0.2) is 11.5 Å². The molecule has 0 saturated carbocycles. The van der Waals surface area contributed by atoms with Gasteiger partial charge in [-0.25, -0.2) is 0 Å². The normalized spacial score (nSPS) is 11.1. The summed E-state index contributed by atoms with van der Waals surface area (Å²) in [7, 11) is 0. The molecule has 2 aromatic rings. The van der Waals surface area contributed by atoms with Gasteiger partial charge in [0.1, 0.15) is 5.82 Å². The third-order valence-corrected chi connectivity index (χ3v) is 3.14. The van der Waals surface area contributed by atoms with Gasteiger partial charge in [0.05, 0.1) is 17.6 Å². The first-order valence-corrected chi connectivity index (χ1v) is 7.91. The van der Waals surface area contributed by atoms with Crippen LogP contribution in [0.5, 0.6) is 17.4 Å². The van der Waals surface area contributed by atoms with Crippen LogP contribution < -0.4 is 15.0 Å². The maximum atomic E-state index is 11.6. The van der Waals surface area contributed by atoms with Gasteiger partial charge >= 0.3 is 11.2 Å². The molecule has 0 bridgehead atoms. The summed E-state index contributed by atoms with van der Waals surface area (Å²) >= 11 is 0. The number of nitro groups is 1. The van der Waals surface area contributed by atoms with Crippen LogP contribution in [0, 0.1) is 10.1 Å². The average molecular weight is 361 g/mol. The van der Waals surface area contributed by atoms with E-state index in [0.29, 0.717) is 18.1 Å². The number of benzene rings is 1. The highest BCUT2D eigenvalue weighted by atomic mass is 16.6. The Morgan fingerprint density at radius 1 is 1.35 bits per heavy atom. The molecule has 1 aromatic carbocycles. The van der Waals surface area contributed by atoms with Gasteiger partial charge in [0, 0.05) is 0 Å². The van der Waals surface area contributed by atoms with E-state index in [1.54, 1.807) is 24.3 Å².